The average Bonchev–Trinajstić information content (AvgIpc) is 1.13. The number of fused-ring (bicyclic) bond motifs is 2. The lowest BCUT2D eigenvalue weighted by atomic mass is 10.0. The first-order valence-corrected chi connectivity index (χ1v) is 51.6. The summed E-state index contributed by atoms with van der Waals surface area (Å²) in [6, 6.07) is 36.4. The molecule has 2 aromatic heterocycles. The van der Waals surface area contributed by atoms with Crippen molar-refractivity contribution in [2.45, 2.75) is 220 Å². The first-order valence-electron chi connectivity index (χ1n) is 42.9. The van der Waals surface area contributed by atoms with Crippen LogP contribution in [0.2, 0.25) is 0 Å². The fourth-order valence-corrected chi connectivity index (χ4v) is 20.5. The van der Waals surface area contributed by atoms with Crippen molar-refractivity contribution in [3.8, 4) is 11.5 Å². The Balaban J connectivity index is 0.000000322. The SMILES string of the molecule is CC(C)CN(C[C@@H](O)[C@H](Cc1ccccc1)NC(=O)O[C@H]1CO[C@H]2OCC[C@H]21)S(=O)(=O)c1ccc(OCP(=O)(O)O)cc1.CCCCOC(=O)[C@H](C)N.CCCCOC(=O)[C@H](C)NP(=O)(COc1ccc(S(=O)(=O)N(CC(C)C)C[C@@H](O)[C@H](Cc2ccccc2)NC(=O)O[C@H]2CO[C@H]3OCC[C@H]32)cc1)N[C@@H](C)C(=O)OCCCC.Cl.c1ccc(SSc2ccccn2)nc1. The van der Waals surface area contributed by atoms with Crippen LogP contribution >= 0.6 is 49.0 Å². The van der Waals surface area contributed by atoms with Crippen LogP contribution in [0, 0.1) is 23.7 Å². The molecule has 10 rings (SSSR count). The number of pyridine rings is 2. The van der Waals surface area contributed by atoms with Crippen LogP contribution < -0.4 is 36.0 Å². The van der Waals surface area contributed by atoms with E-state index in [1.165, 1.54) is 66.7 Å². The van der Waals surface area contributed by atoms with Gasteiger partial charge in [0.15, 0.2) is 25.3 Å². The largest absolute Gasteiger partial charge is 0.483 e. The maximum atomic E-state index is 14.2. The summed E-state index contributed by atoms with van der Waals surface area (Å²) in [5.41, 5.74) is 6.88. The zero-order chi connectivity index (χ0) is 93.4. The number of nitrogens with one attached hydrogen (secondary N) is 4. The number of hydrogen-bond donors (Lipinski definition) is 9. The number of aliphatic hydroxyl groups is 2. The molecule has 0 radical (unpaired) electrons. The van der Waals surface area contributed by atoms with Crippen molar-refractivity contribution < 1.29 is 122 Å². The van der Waals surface area contributed by atoms with Gasteiger partial charge in [-0.3, -0.25) is 23.5 Å². The summed E-state index contributed by atoms with van der Waals surface area (Å²) >= 11 is 0. The van der Waals surface area contributed by atoms with E-state index in [-0.39, 0.29) is 129 Å². The van der Waals surface area contributed by atoms with Crippen LogP contribution in [0.3, 0.4) is 0 Å². The number of ether oxygens (including phenoxy) is 11. The number of rotatable bonds is 47. The fraction of sp³-hybridized carbons (Fsp3) is 0.552. The van der Waals surface area contributed by atoms with E-state index in [1.807, 2.05) is 146 Å². The smallest absolute Gasteiger partial charge is 0.407 e. The highest BCUT2D eigenvalue weighted by molar-refractivity contribution is 8.76. The van der Waals surface area contributed by atoms with E-state index < -0.39 is 139 Å². The minimum absolute atomic E-state index is 0. The molecule has 35 nitrogen and oxygen atoms in total. The van der Waals surface area contributed by atoms with Gasteiger partial charge < -0.3 is 88.5 Å². The summed E-state index contributed by atoms with van der Waals surface area (Å²) < 4.78 is 143. The van der Waals surface area contributed by atoms with Crippen molar-refractivity contribution in [3.05, 3.63) is 169 Å². The molecular weight excluding hydrogens is 1810 g/mol. The number of benzene rings is 4. The van der Waals surface area contributed by atoms with Gasteiger partial charge in [-0.1, -0.05) is 141 Å². The Labute approximate surface area is 771 Å². The lowest BCUT2D eigenvalue weighted by Gasteiger charge is -2.31. The third kappa shape index (κ3) is 39.0. The molecule has 0 unspecified atom stereocenters. The quantitative estimate of drug-likeness (QED) is 0.00563. The Kier molecular flexibility index (Phi) is 48.4. The van der Waals surface area contributed by atoms with Gasteiger partial charge >= 0.3 is 37.7 Å². The molecule has 4 aliphatic rings. The molecule has 129 heavy (non-hydrogen) atoms. The van der Waals surface area contributed by atoms with Gasteiger partial charge in [-0.25, -0.2) is 46.6 Å². The molecule has 6 heterocycles. The van der Waals surface area contributed by atoms with Crippen LogP contribution in [0.15, 0.2) is 178 Å². The van der Waals surface area contributed by atoms with Crippen LogP contribution in [-0.4, -0.2) is 238 Å². The number of carbonyl (C=O) groups is 5. The number of amides is 2. The van der Waals surface area contributed by atoms with Crippen LogP contribution in [0.1, 0.15) is 132 Å². The third-order valence-electron chi connectivity index (χ3n) is 19.9. The first-order chi connectivity index (χ1) is 61.0. The summed E-state index contributed by atoms with van der Waals surface area (Å²) in [7, 11) is -13.4. The molecule has 6 aromatic rings. The second-order valence-electron chi connectivity index (χ2n) is 31.8. The highest BCUT2D eigenvalue weighted by Gasteiger charge is 2.46. The van der Waals surface area contributed by atoms with Gasteiger partial charge in [-0.2, -0.15) is 8.61 Å². The highest BCUT2D eigenvalue weighted by Crippen LogP contribution is 2.41. The second kappa shape index (κ2) is 56.6. The summed E-state index contributed by atoms with van der Waals surface area (Å²) in [4.78, 5) is 88.5. The minimum atomic E-state index is -4.41. The number of aromatic nitrogens is 2. The Morgan fingerprint density at radius 3 is 1.22 bits per heavy atom. The number of halogens is 1. The summed E-state index contributed by atoms with van der Waals surface area (Å²) in [6.07, 6.45) is 2.95. The molecule has 42 heteroatoms. The van der Waals surface area contributed by atoms with Crippen molar-refractivity contribution in [2.75, 3.05) is 85.1 Å². The Bertz CT molecular complexity index is 4570. The highest BCUT2D eigenvalue weighted by atomic mass is 35.5. The summed E-state index contributed by atoms with van der Waals surface area (Å²) in [6.45, 7) is 19.7. The van der Waals surface area contributed by atoms with Gasteiger partial charge in [0.1, 0.15) is 51.9 Å². The monoisotopic (exact) mass is 1940 g/mol. The van der Waals surface area contributed by atoms with Crippen LogP contribution in [-0.2, 0) is 99.0 Å². The zero-order valence-electron chi connectivity index (χ0n) is 74.5. The number of aliphatic hydroxyl groups excluding tert-OH is 2. The normalized spacial score (nSPS) is 18.7. The molecule has 0 spiro atoms. The van der Waals surface area contributed by atoms with Crippen molar-refractivity contribution in [3.63, 3.8) is 0 Å². The Morgan fingerprint density at radius 2 is 0.876 bits per heavy atom. The molecule has 10 N–H and O–H groups in total. The van der Waals surface area contributed by atoms with Crippen LogP contribution in [0.5, 0.6) is 11.5 Å². The van der Waals surface area contributed by atoms with E-state index in [2.05, 4.69) is 30.8 Å². The van der Waals surface area contributed by atoms with Gasteiger partial charge in [-0.15, -0.1) is 12.4 Å². The fourth-order valence-electron chi connectivity index (χ4n) is 13.2. The number of alkyl carbamates (subject to hydrolysis) is 2. The van der Waals surface area contributed by atoms with E-state index in [1.54, 1.807) is 40.9 Å². The Morgan fingerprint density at radius 1 is 0.512 bits per heavy atom. The van der Waals surface area contributed by atoms with E-state index in [0.29, 0.717) is 45.5 Å². The standard InChI is InChI=1S/C42H65N4O13PS.C28H39N2O11PS.C10H8N2S2.C7H15NO2.ClH/c1-7-9-21-54-39(48)30(5)44-60(51,45-31(6)40(49)55-22-10-8-2)28-58-33-16-18-34(19-17-33)61(52,53)46(25-29(3)4)26-37(47)36(24-32-14-12-11-13-15-32)43-42(50)59-38-27-57-41-35(38)20-23-56-41;1-19(2)15-30(43(36,37)22-10-8-21(9-11-22)40-18-42(33,34)35)16-25(31)24(14-20-6-4-3-5-7-20)29-28(32)41-26-17-39-27-23(26)12-13-38-27;1-3-7-11-9(5-1)13-14-10-6-2-4-8-12-10;1-3-4-5-10-7(9)6(2)8;/h11-19,29-31,35-38,41,47H,7-10,20-28H2,1-6H3,(H,43,50)(H2,44,45,51);3-11,19,23-27,31H,12-18H2,1-2H3,(H,29,32)(H2,33,34,35);1-8H;6H,3-5,8H2,1-2H3;1H/t30-,31-,35-,36-,37+,38-,41+;23-,24-,25+,26-,27+;;6-;/m00.0./s1. The maximum absolute atomic E-state index is 14.2. The van der Waals surface area contributed by atoms with Gasteiger partial charge in [0.2, 0.25) is 27.5 Å². The number of carbonyl (C=O) groups excluding carboxylic acids is 5. The third-order valence-corrected chi connectivity index (χ3v) is 28.3. The van der Waals surface area contributed by atoms with Gasteiger partial charge in [-0.05, 0) is 183 Å². The Hall–Kier alpha value is -7.44. The zero-order valence-corrected chi connectivity index (χ0v) is 80.4. The number of nitrogens with two attached hydrogens (primary N) is 1. The minimum Gasteiger partial charge on any atom is -0.483 e. The van der Waals surface area contributed by atoms with Crippen molar-refractivity contribution in [1.82, 2.24) is 39.4 Å². The molecule has 4 aliphatic heterocycles. The number of sulfonamides is 2. The molecule has 2 amide bonds. The van der Waals surface area contributed by atoms with E-state index >= 15 is 0 Å². The topological polar surface area (TPSA) is 477 Å². The molecule has 4 saturated heterocycles. The molecular formula is C87H128ClN9O26P2S4. The van der Waals surface area contributed by atoms with Gasteiger partial charge in [0.05, 0.1) is 92.2 Å². The second-order valence-corrected chi connectivity index (χ2v) is 41.7. The summed E-state index contributed by atoms with van der Waals surface area (Å²) in [5, 5.41) is 36.1. The number of unbranched alkanes of at least 4 members (excludes halogenated alkanes) is 3. The molecule has 13 atom stereocenters. The van der Waals surface area contributed by atoms with Crippen LogP contribution in [0.4, 0.5) is 9.59 Å². The van der Waals surface area contributed by atoms with Crippen LogP contribution in [0.25, 0.3) is 0 Å². The van der Waals surface area contributed by atoms with Crippen molar-refractivity contribution in [2.24, 2.45) is 29.4 Å². The van der Waals surface area contributed by atoms with Crippen molar-refractivity contribution in [1.29, 1.82) is 0 Å². The average molecular weight is 1940 g/mol. The molecule has 718 valence electrons. The lowest BCUT2D eigenvalue weighted by molar-refractivity contribution is -0.146. The summed E-state index contributed by atoms with van der Waals surface area (Å²) in [5.74, 6) is -1.70. The molecule has 0 aliphatic carbocycles. The first kappa shape index (κ1) is 110. The predicted molar refractivity (Wildman–Crippen MR) is 489 cm³/mol. The predicted octanol–water partition coefficient (Wildman–Crippen LogP) is 11.6. The molecule has 0 bridgehead atoms. The number of hydrogen-bond acceptors (Lipinski definition) is 29. The molecule has 4 aromatic carbocycles. The van der Waals surface area contributed by atoms with Gasteiger partial charge in [0, 0.05) is 38.6 Å². The lowest BCUT2D eigenvalue weighted by Crippen LogP contribution is -2.51. The van der Waals surface area contributed by atoms with E-state index in [9.17, 15) is 60.2 Å². The number of nitrogens with zero attached hydrogens (tertiary/aromatic N) is 4. The van der Waals surface area contributed by atoms with Gasteiger partial charge in [0.25, 0.3) is 0 Å². The van der Waals surface area contributed by atoms with Crippen molar-refractivity contribution >= 4 is 99.2 Å². The van der Waals surface area contributed by atoms with E-state index in [4.69, 9.17) is 67.6 Å². The van der Waals surface area contributed by atoms with E-state index in [0.717, 1.165) is 51.2 Å². The number of esters is 3. The molecule has 4 fully saturated rings. The molecule has 0 saturated carbocycles. The maximum Gasteiger partial charge on any atom is 0.407 e.